The summed E-state index contributed by atoms with van der Waals surface area (Å²) in [5.41, 5.74) is 0. The number of oxime groups is 1. The molecule has 0 N–H and O–H groups in total. The third kappa shape index (κ3) is 5.92. The molecule has 0 spiro atoms. The van der Waals surface area contributed by atoms with Crippen molar-refractivity contribution in [1.82, 2.24) is 0 Å². The molecule has 0 aromatic carbocycles. The predicted octanol–water partition coefficient (Wildman–Crippen LogP) is 2.37. The highest BCUT2D eigenvalue weighted by atomic mass is 28.4. The number of rotatable bonds is 4. The minimum atomic E-state index is -1.56. The summed E-state index contributed by atoms with van der Waals surface area (Å²) in [5.74, 6) is -0.110. The number of nitrogens with zero attached hydrogens (tertiary/aromatic N) is 2. The van der Waals surface area contributed by atoms with Crippen molar-refractivity contribution in [3.63, 3.8) is 0 Å². The first-order valence-electron chi connectivity index (χ1n) is 4.11. The van der Waals surface area contributed by atoms with Gasteiger partial charge in [0.15, 0.2) is 0 Å². The van der Waals surface area contributed by atoms with Crippen LogP contribution in [0.1, 0.15) is 13.3 Å². The Morgan fingerprint density at radius 3 is 2.50 bits per heavy atom. The maximum absolute atomic E-state index is 8.57. The molecular formula is C8H16N2OSi. The molecule has 1 unspecified atom stereocenters. The van der Waals surface area contributed by atoms with E-state index in [-0.39, 0.29) is 5.92 Å². The Morgan fingerprint density at radius 2 is 2.17 bits per heavy atom. The lowest BCUT2D eigenvalue weighted by Gasteiger charge is -2.12. The van der Waals surface area contributed by atoms with Gasteiger partial charge in [-0.15, -0.1) is 5.16 Å². The summed E-state index contributed by atoms with van der Waals surface area (Å²) < 4.78 is 5.22. The van der Waals surface area contributed by atoms with Crippen molar-refractivity contribution in [2.45, 2.75) is 33.0 Å². The van der Waals surface area contributed by atoms with E-state index in [0.29, 0.717) is 0 Å². The molecule has 0 aliphatic carbocycles. The lowest BCUT2D eigenvalue weighted by Crippen LogP contribution is -2.22. The molecule has 0 saturated carbocycles. The molecule has 3 nitrogen and oxygen atoms in total. The number of nitriles is 1. The van der Waals surface area contributed by atoms with Gasteiger partial charge < -0.3 is 4.53 Å². The maximum Gasteiger partial charge on any atom is 0.278 e. The van der Waals surface area contributed by atoms with Crippen LogP contribution >= 0.6 is 0 Å². The van der Waals surface area contributed by atoms with Crippen LogP contribution in [0, 0.1) is 17.2 Å². The normalized spacial score (nSPS) is 14.2. The minimum absolute atomic E-state index is 0.110. The largest absolute Gasteiger partial charge is 0.456 e. The van der Waals surface area contributed by atoms with Gasteiger partial charge in [0.25, 0.3) is 8.32 Å². The Morgan fingerprint density at radius 1 is 1.58 bits per heavy atom. The van der Waals surface area contributed by atoms with Gasteiger partial charge in [-0.25, -0.2) is 0 Å². The van der Waals surface area contributed by atoms with Crippen molar-refractivity contribution < 1.29 is 4.53 Å². The quantitative estimate of drug-likeness (QED) is 0.382. The van der Waals surface area contributed by atoms with Crippen LogP contribution in [-0.4, -0.2) is 14.5 Å². The van der Waals surface area contributed by atoms with Crippen LogP contribution in [-0.2, 0) is 4.53 Å². The van der Waals surface area contributed by atoms with Crippen LogP contribution in [0.3, 0.4) is 0 Å². The first-order chi connectivity index (χ1) is 5.49. The average Bonchev–Trinajstić information content (AvgIpc) is 1.96. The second-order valence-electron chi connectivity index (χ2n) is 3.60. The summed E-state index contributed by atoms with van der Waals surface area (Å²) in [7, 11) is -1.56. The van der Waals surface area contributed by atoms with E-state index in [1.165, 1.54) is 0 Å². The molecular weight excluding hydrogens is 168 g/mol. The third-order valence-corrected chi connectivity index (χ3v) is 1.83. The maximum atomic E-state index is 8.57. The third-order valence-electron chi connectivity index (χ3n) is 1.17. The fraction of sp³-hybridized carbons (Fsp3) is 0.750. The van der Waals surface area contributed by atoms with Crippen molar-refractivity contribution in [3.05, 3.63) is 0 Å². The van der Waals surface area contributed by atoms with E-state index < -0.39 is 8.32 Å². The van der Waals surface area contributed by atoms with Gasteiger partial charge in [0.1, 0.15) is 0 Å². The molecule has 68 valence electrons. The van der Waals surface area contributed by atoms with Crippen molar-refractivity contribution in [2.75, 3.05) is 0 Å². The van der Waals surface area contributed by atoms with Crippen molar-refractivity contribution >= 4 is 14.5 Å². The smallest absolute Gasteiger partial charge is 0.278 e. The first kappa shape index (κ1) is 11.2. The fourth-order valence-electron chi connectivity index (χ4n) is 0.492. The molecule has 12 heavy (non-hydrogen) atoms. The van der Waals surface area contributed by atoms with Gasteiger partial charge in [0.2, 0.25) is 0 Å². The molecule has 0 aliphatic heterocycles. The zero-order valence-corrected chi connectivity index (χ0v) is 9.16. The van der Waals surface area contributed by atoms with E-state index in [9.17, 15) is 0 Å². The van der Waals surface area contributed by atoms with Gasteiger partial charge in [-0.3, -0.25) is 0 Å². The molecule has 0 aromatic rings. The van der Waals surface area contributed by atoms with E-state index in [1.54, 1.807) is 6.21 Å². The second-order valence-corrected chi connectivity index (χ2v) is 8.01. The lowest BCUT2D eigenvalue weighted by molar-refractivity contribution is 0.335. The topological polar surface area (TPSA) is 45.4 Å². The summed E-state index contributed by atoms with van der Waals surface area (Å²) in [6.45, 7) is 8.11. The molecule has 0 rings (SSSR count). The summed E-state index contributed by atoms with van der Waals surface area (Å²) in [4.78, 5) is 0. The highest BCUT2D eigenvalue weighted by Gasteiger charge is 2.15. The molecule has 0 saturated heterocycles. The molecule has 0 amide bonds. The van der Waals surface area contributed by atoms with Gasteiger partial charge in [0.05, 0.1) is 18.2 Å². The summed E-state index contributed by atoms with van der Waals surface area (Å²) in [5, 5.41) is 12.4. The Bertz CT molecular complexity index is 190. The molecule has 4 heteroatoms. The van der Waals surface area contributed by atoms with Crippen molar-refractivity contribution in [1.29, 1.82) is 5.26 Å². The second kappa shape index (κ2) is 4.94. The molecule has 0 aliphatic rings. The van der Waals surface area contributed by atoms with Gasteiger partial charge in [-0.2, -0.15) is 5.26 Å². The molecule has 0 bridgehead atoms. The van der Waals surface area contributed by atoms with E-state index >= 15 is 0 Å². The summed E-state index contributed by atoms with van der Waals surface area (Å²) in [6, 6.07) is 2.12. The zero-order chi connectivity index (χ0) is 9.61. The van der Waals surface area contributed by atoms with Crippen LogP contribution in [0.4, 0.5) is 0 Å². The molecule has 0 fully saturated rings. The molecule has 0 heterocycles. The lowest BCUT2D eigenvalue weighted by atomic mass is 10.1. The average molecular weight is 184 g/mol. The molecule has 0 radical (unpaired) electrons. The zero-order valence-electron chi connectivity index (χ0n) is 8.16. The Labute approximate surface area is 75.2 Å². The Kier molecular flexibility index (Phi) is 4.60. The predicted molar refractivity (Wildman–Crippen MR) is 52.3 cm³/mol. The van der Waals surface area contributed by atoms with Gasteiger partial charge in [-0.1, -0.05) is 6.92 Å². The molecule has 1 atom stereocenters. The standard InChI is InChI=1S/C8H16N2OSi/c1-5-8(6-9)7-10-11-12(2,3)4/h7-8H,5H2,1-4H3/b10-7+. The van der Waals surface area contributed by atoms with Crippen molar-refractivity contribution in [2.24, 2.45) is 11.1 Å². The van der Waals surface area contributed by atoms with Crippen molar-refractivity contribution in [3.8, 4) is 6.07 Å². The summed E-state index contributed by atoms with van der Waals surface area (Å²) in [6.07, 6.45) is 2.37. The van der Waals surface area contributed by atoms with Crippen LogP contribution in [0.2, 0.25) is 19.6 Å². The highest BCUT2D eigenvalue weighted by Crippen LogP contribution is 2.03. The number of hydrogen-bond acceptors (Lipinski definition) is 3. The van der Waals surface area contributed by atoms with Crippen LogP contribution < -0.4 is 0 Å². The van der Waals surface area contributed by atoms with Gasteiger partial charge in [0, 0.05) is 0 Å². The summed E-state index contributed by atoms with van der Waals surface area (Å²) >= 11 is 0. The van der Waals surface area contributed by atoms with Gasteiger partial charge in [-0.05, 0) is 26.1 Å². The Balaban J connectivity index is 3.84. The van der Waals surface area contributed by atoms with Gasteiger partial charge >= 0.3 is 0 Å². The Hall–Kier alpha value is -0.823. The highest BCUT2D eigenvalue weighted by molar-refractivity contribution is 6.69. The van der Waals surface area contributed by atoms with Crippen LogP contribution in [0.15, 0.2) is 5.16 Å². The van der Waals surface area contributed by atoms with E-state index in [0.717, 1.165) is 6.42 Å². The fourth-order valence-corrected chi connectivity index (χ4v) is 0.869. The SMILES string of the molecule is CCC(C#N)/C=N/O[Si](C)(C)C. The number of hydrogen-bond donors (Lipinski definition) is 0. The monoisotopic (exact) mass is 184 g/mol. The van der Waals surface area contributed by atoms with Crippen LogP contribution in [0.25, 0.3) is 0 Å². The minimum Gasteiger partial charge on any atom is -0.456 e. The van der Waals surface area contributed by atoms with E-state index in [1.807, 2.05) is 6.92 Å². The van der Waals surface area contributed by atoms with E-state index in [4.69, 9.17) is 9.79 Å². The van der Waals surface area contributed by atoms with Crippen LogP contribution in [0.5, 0.6) is 0 Å². The van der Waals surface area contributed by atoms with E-state index in [2.05, 4.69) is 30.9 Å². The first-order valence-corrected chi connectivity index (χ1v) is 7.51. The molecule has 0 aromatic heterocycles.